The molecule has 1 aliphatic carbocycles. The molecule has 2 N–H and O–H groups in total. The largest absolute Gasteiger partial charge is 0.357 e. The molecule has 0 radical (unpaired) electrons. The molecule has 21 heavy (non-hydrogen) atoms. The molecule has 126 valence electrons. The fraction of sp³-hybridized carbons (Fsp3) is 0.923. The number of rotatable bonds is 8. The topological polar surface area (TPSA) is 73.8 Å². The van der Waals surface area contributed by atoms with Gasteiger partial charge in [-0.15, -0.1) is 24.0 Å². The van der Waals surface area contributed by atoms with Crippen LogP contribution in [0.5, 0.6) is 0 Å². The van der Waals surface area contributed by atoms with E-state index in [1.54, 1.807) is 14.0 Å². The molecular formula is C13H29IN4O2S. The van der Waals surface area contributed by atoms with Gasteiger partial charge in [-0.05, 0) is 32.6 Å². The zero-order valence-electron chi connectivity index (χ0n) is 13.4. The summed E-state index contributed by atoms with van der Waals surface area (Å²) in [7, 11) is -1.45. The molecule has 0 aromatic heterocycles. The van der Waals surface area contributed by atoms with Crippen molar-refractivity contribution in [2.75, 3.05) is 32.4 Å². The number of nitrogens with zero attached hydrogens (tertiary/aromatic N) is 2. The van der Waals surface area contributed by atoms with Crippen LogP contribution >= 0.6 is 24.0 Å². The Kier molecular flexibility index (Phi) is 9.79. The predicted molar refractivity (Wildman–Crippen MR) is 98.8 cm³/mol. The third kappa shape index (κ3) is 7.64. The van der Waals surface area contributed by atoms with Gasteiger partial charge in [0.05, 0.1) is 5.75 Å². The Morgan fingerprint density at radius 2 is 2.00 bits per heavy atom. The molecule has 0 aliphatic heterocycles. The summed E-state index contributed by atoms with van der Waals surface area (Å²) in [4.78, 5) is 4.48. The van der Waals surface area contributed by atoms with Gasteiger partial charge in [0.25, 0.3) is 0 Å². The van der Waals surface area contributed by atoms with E-state index in [0.29, 0.717) is 19.1 Å². The van der Waals surface area contributed by atoms with Crippen LogP contribution in [0.1, 0.15) is 33.6 Å². The highest BCUT2D eigenvalue weighted by Crippen LogP contribution is 2.28. The number of hydrogen-bond donors (Lipinski definition) is 2. The van der Waals surface area contributed by atoms with E-state index in [2.05, 4.69) is 22.5 Å². The van der Waals surface area contributed by atoms with Gasteiger partial charge in [-0.1, -0.05) is 6.92 Å². The molecule has 6 nitrogen and oxygen atoms in total. The standard InChI is InChI=1S/C13H28N4O2S.HI/c1-5-14-13(16-12-10-11(12)3)15-8-7-9-17(4)20(18,19)6-2;/h11-12H,5-10H2,1-4H3,(H2,14,15,16);1H. The van der Waals surface area contributed by atoms with E-state index in [0.717, 1.165) is 24.8 Å². The van der Waals surface area contributed by atoms with Crippen LogP contribution in [0.25, 0.3) is 0 Å². The van der Waals surface area contributed by atoms with Crippen LogP contribution in [0.3, 0.4) is 0 Å². The van der Waals surface area contributed by atoms with E-state index >= 15 is 0 Å². The van der Waals surface area contributed by atoms with Gasteiger partial charge in [-0.25, -0.2) is 12.7 Å². The van der Waals surface area contributed by atoms with Gasteiger partial charge in [-0.2, -0.15) is 0 Å². The Hall–Kier alpha value is -0.0900. The Bertz CT molecular complexity index is 428. The Labute approximate surface area is 146 Å². The molecule has 0 amide bonds. The van der Waals surface area contributed by atoms with Crippen LogP contribution in [0, 0.1) is 5.92 Å². The van der Waals surface area contributed by atoms with Crippen LogP contribution in [0.4, 0.5) is 0 Å². The van der Waals surface area contributed by atoms with E-state index in [9.17, 15) is 8.42 Å². The molecule has 1 fully saturated rings. The first-order valence-corrected chi connectivity index (χ1v) is 9.00. The van der Waals surface area contributed by atoms with E-state index in [1.807, 2.05) is 6.92 Å². The van der Waals surface area contributed by atoms with Gasteiger partial charge >= 0.3 is 0 Å². The van der Waals surface area contributed by atoms with Gasteiger partial charge in [-0.3, -0.25) is 4.99 Å². The lowest BCUT2D eigenvalue weighted by Gasteiger charge is -2.15. The molecule has 1 saturated carbocycles. The van der Waals surface area contributed by atoms with E-state index in [4.69, 9.17) is 0 Å². The summed E-state index contributed by atoms with van der Waals surface area (Å²) in [5.74, 6) is 1.71. The first-order valence-electron chi connectivity index (χ1n) is 7.39. The average molecular weight is 432 g/mol. The number of nitrogens with one attached hydrogen (secondary N) is 2. The molecule has 0 bridgehead atoms. The highest BCUT2D eigenvalue weighted by atomic mass is 127. The van der Waals surface area contributed by atoms with E-state index < -0.39 is 10.0 Å². The number of aliphatic imine (C=N–C) groups is 1. The zero-order valence-corrected chi connectivity index (χ0v) is 16.6. The second-order valence-corrected chi connectivity index (χ2v) is 7.66. The molecule has 1 aliphatic rings. The Morgan fingerprint density at radius 3 is 2.48 bits per heavy atom. The lowest BCUT2D eigenvalue weighted by molar-refractivity contribution is 0.464. The number of guanidine groups is 1. The molecule has 2 atom stereocenters. The maximum Gasteiger partial charge on any atom is 0.213 e. The normalized spacial score (nSPS) is 21.9. The van der Waals surface area contributed by atoms with Gasteiger partial charge in [0.1, 0.15) is 0 Å². The van der Waals surface area contributed by atoms with Crippen LogP contribution in [-0.2, 0) is 10.0 Å². The zero-order chi connectivity index (χ0) is 15.2. The second-order valence-electron chi connectivity index (χ2n) is 5.30. The van der Waals surface area contributed by atoms with Crippen molar-refractivity contribution >= 4 is 40.0 Å². The molecular weight excluding hydrogens is 403 g/mol. The van der Waals surface area contributed by atoms with Gasteiger partial charge in [0.15, 0.2) is 5.96 Å². The van der Waals surface area contributed by atoms with Crippen LogP contribution < -0.4 is 10.6 Å². The van der Waals surface area contributed by atoms with Gasteiger partial charge in [0, 0.05) is 32.7 Å². The molecule has 8 heteroatoms. The first-order chi connectivity index (χ1) is 9.40. The summed E-state index contributed by atoms with van der Waals surface area (Å²) in [6, 6.07) is 0.538. The number of halogens is 1. The van der Waals surface area contributed by atoms with Gasteiger partial charge < -0.3 is 10.6 Å². The molecule has 0 aromatic carbocycles. The SMILES string of the molecule is CCNC(=NCCCN(C)S(=O)(=O)CC)NC1CC1C.I. The smallest absolute Gasteiger partial charge is 0.213 e. The summed E-state index contributed by atoms with van der Waals surface area (Å²) >= 11 is 0. The third-order valence-corrected chi connectivity index (χ3v) is 5.38. The molecule has 2 unspecified atom stereocenters. The first kappa shape index (κ1) is 20.9. The van der Waals surface area contributed by atoms with Crippen molar-refractivity contribution < 1.29 is 8.42 Å². The summed E-state index contributed by atoms with van der Waals surface area (Å²) in [5.41, 5.74) is 0. The summed E-state index contributed by atoms with van der Waals surface area (Å²) in [6.07, 6.45) is 1.93. The van der Waals surface area contributed by atoms with E-state index in [1.165, 1.54) is 10.7 Å². The predicted octanol–water partition coefficient (Wildman–Crippen LogP) is 1.24. The van der Waals surface area contributed by atoms with Crippen molar-refractivity contribution in [3.8, 4) is 0 Å². The van der Waals surface area contributed by atoms with Crippen LogP contribution in [0.2, 0.25) is 0 Å². The maximum atomic E-state index is 11.6. The van der Waals surface area contributed by atoms with Crippen molar-refractivity contribution in [2.45, 2.75) is 39.7 Å². The van der Waals surface area contributed by atoms with E-state index in [-0.39, 0.29) is 29.7 Å². The minimum Gasteiger partial charge on any atom is -0.357 e. The fourth-order valence-electron chi connectivity index (χ4n) is 1.86. The Balaban J connectivity index is 0.00000400. The highest BCUT2D eigenvalue weighted by molar-refractivity contribution is 14.0. The molecule has 0 spiro atoms. The minimum absolute atomic E-state index is 0. The van der Waals surface area contributed by atoms with Crippen LogP contribution in [-0.4, -0.2) is 57.2 Å². The molecule has 0 aromatic rings. The fourth-order valence-corrected chi connectivity index (χ4v) is 2.71. The summed E-state index contributed by atoms with van der Waals surface area (Å²) in [6.45, 7) is 7.88. The maximum absolute atomic E-state index is 11.6. The monoisotopic (exact) mass is 432 g/mol. The number of hydrogen-bond acceptors (Lipinski definition) is 3. The van der Waals surface area contributed by atoms with Crippen molar-refractivity contribution in [1.29, 1.82) is 0 Å². The quantitative estimate of drug-likeness (QED) is 0.262. The average Bonchev–Trinajstić information content (AvgIpc) is 3.09. The highest BCUT2D eigenvalue weighted by Gasteiger charge is 2.33. The summed E-state index contributed by atoms with van der Waals surface area (Å²) in [5, 5.41) is 6.59. The third-order valence-electron chi connectivity index (χ3n) is 3.52. The lowest BCUT2D eigenvalue weighted by atomic mass is 10.4. The number of sulfonamides is 1. The van der Waals surface area contributed by atoms with Crippen molar-refractivity contribution in [3.63, 3.8) is 0 Å². The summed E-state index contributed by atoms with van der Waals surface area (Å²) < 4.78 is 24.6. The van der Waals surface area contributed by atoms with Crippen molar-refractivity contribution in [1.82, 2.24) is 14.9 Å². The van der Waals surface area contributed by atoms with Gasteiger partial charge in [0.2, 0.25) is 10.0 Å². The van der Waals surface area contributed by atoms with Crippen LogP contribution in [0.15, 0.2) is 4.99 Å². The van der Waals surface area contributed by atoms with Crippen molar-refractivity contribution in [2.24, 2.45) is 10.9 Å². The lowest BCUT2D eigenvalue weighted by Crippen LogP contribution is -2.39. The second kappa shape index (κ2) is 9.83. The minimum atomic E-state index is -3.07. The molecule has 0 heterocycles. The van der Waals surface area contributed by atoms with Crippen molar-refractivity contribution in [3.05, 3.63) is 0 Å². The molecule has 1 rings (SSSR count). The Morgan fingerprint density at radius 1 is 1.38 bits per heavy atom. The molecule has 0 saturated heterocycles.